The van der Waals surface area contributed by atoms with Gasteiger partial charge in [0.1, 0.15) is 23.9 Å². The first-order chi connectivity index (χ1) is 14.0. The van der Waals surface area contributed by atoms with E-state index in [2.05, 4.69) is 0 Å². The number of nitrogens with zero attached hydrogens (tertiary/aromatic N) is 3. The molecule has 158 valence electrons. The Labute approximate surface area is 170 Å². The lowest BCUT2D eigenvalue weighted by molar-refractivity contribution is 0.122. The Hall–Kier alpha value is -2.74. The van der Waals surface area contributed by atoms with Crippen LogP contribution < -0.4 is 26.6 Å². The van der Waals surface area contributed by atoms with E-state index in [-0.39, 0.29) is 24.5 Å². The molecular weight excluding hydrogens is 372 g/mol. The average molecular weight is 402 g/mol. The van der Waals surface area contributed by atoms with Crippen LogP contribution in [0.25, 0.3) is 0 Å². The molecule has 0 unspecified atom stereocenters. The van der Waals surface area contributed by atoms with Crippen LogP contribution in [-0.4, -0.2) is 42.0 Å². The van der Waals surface area contributed by atoms with Crippen LogP contribution >= 0.6 is 0 Å². The van der Waals surface area contributed by atoms with Gasteiger partial charge in [-0.3, -0.25) is 13.9 Å². The smallest absolute Gasteiger partial charge is 0.332 e. The fraction of sp³-hybridized carbons (Fsp3) is 0.524. The zero-order valence-corrected chi connectivity index (χ0v) is 17.4. The first-order valence-corrected chi connectivity index (χ1v) is 10.1. The van der Waals surface area contributed by atoms with Crippen molar-refractivity contribution < 1.29 is 9.47 Å². The Morgan fingerprint density at radius 1 is 1.07 bits per heavy atom. The van der Waals surface area contributed by atoms with E-state index >= 15 is 0 Å². The normalized spacial score (nSPS) is 14.2. The molecule has 0 aliphatic carbocycles. The Kier molecular flexibility index (Phi) is 6.64. The molecule has 1 aliphatic rings. The van der Waals surface area contributed by atoms with Gasteiger partial charge in [-0.1, -0.05) is 25.1 Å². The monoisotopic (exact) mass is 402 g/mol. The maximum Gasteiger partial charge on any atom is 0.332 e. The fourth-order valence-electron chi connectivity index (χ4n) is 3.69. The second kappa shape index (κ2) is 9.17. The van der Waals surface area contributed by atoms with E-state index in [0.29, 0.717) is 38.5 Å². The minimum Gasteiger partial charge on any atom is -0.491 e. The van der Waals surface area contributed by atoms with E-state index in [1.807, 2.05) is 43.9 Å². The summed E-state index contributed by atoms with van der Waals surface area (Å²) in [5.41, 5.74) is 7.93. The van der Waals surface area contributed by atoms with E-state index in [4.69, 9.17) is 15.2 Å². The van der Waals surface area contributed by atoms with Gasteiger partial charge in [-0.25, -0.2) is 4.79 Å². The lowest BCUT2D eigenvalue weighted by Gasteiger charge is -2.30. The van der Waals surface area contributed by atoms with Gasteiger partial charge in [-0.15, -0.1) is 0 Å². The quantitative estimate of drug-likeness (QED) is 0.755. The van der Waals surface area contributed by atoms with E-state index in [1.165, 1.54) is 9.13 Å². The van der Waals surface area contributed by atoms with Crippen molar-refractivity contribution in [2.75, 3.05) is 43.5 Å². The third-order valence-electron chi connectivity index (χ3n) is 5.19. The summed E-state index contributed by atoms with van der Waals surface area (Å²) in [4.78, 5) is 28.0. The number of aryl methyl sites for hydroxylation is 2. The van der Waals surface area contributed by atoms with Crippen LogP contribution in [0.3, 0.4) is 0 Å². The van der Waals surface area contributed by atoms with Crippen LogP contribution in [0.4, 0.5) is 11.5 Å². The third-order valence-corrected chi connectivity index (χ3v) is 5.19. The highest BCUT2D eigenvalue weighted by Gasteiger charge is 2.23. The number of benzene rings is 1. The molecule has 1 fully saturated rings. The van der Waals surface area contributed by atoms with Gasteiger partial charge in [0.05, 0.1) is 19.8 Å². The SMILES string of the molecule is CCCn1c(N)c(N2CCOCC2)c(=O)n(CCOc2c(C)cccc2C)c1=O. The van der Waals surface area contributed by atoms with Crippen molar-refractivity contribution >= 4 is 11.5 Å². The number of morpholine rings is 1. The summed E-state index contributed by atoms with van der Waals surface area (Å²) in [6.07, 6.45) is 0.740. The number of nitrogens with two attached hydrogens (primary N) is 1. The molecule has 0 amide bonds. The topological polar surface area (TPSA) is 91.7 Å². The number of rotatable bonds is 7. The van der Waals surface area contributed by atoms with E-state index in [1.54, 1.807) is 0 Å². The van der Waals surface area contributed by atoms with Crippen LogP contribution in [0.5, 0.6) is 5.75 Å². The third kappa shape index (κ3) is 4.32. The van der Waals surface area contributed by atoms with Crippen LogP contribution in [0, 0.1) is 13.8 Å². The molecule has 2 aromatic rings. The van der Waals surface area contributed by atoms with Gasteiger partial charge < -0.3 is 20.1 Å². The summed E-state index contributed by atoms with van der Waals surface area (Å²) >= 11 is 0. The molecule has 0 atom stereocenters. The highest BCUT2D eigenvalue weighted by molar-refractivity contribution is 5.62. The number of nitrogen functional groups attached to an aromatic ring is 1. The summed E-state index contributed by atoms with van der Waals surface area (Å²) in [5, 5.41) is 0. The predicted molar refractivity (Wildman–Crippen MR) is 114 cm³/mol. The van der Waals surface area contributed by atoms with Gasteiger partial charge in [-0.05, 0) is 31.4 Å². The van der Waals surface area contributed by atoms with Gasteiger partial charge in [0.25, 0.3) is 5.56 Å². The van der Waals surface area contributed by atoms with E-state index in [0.717, 1.165) is 23.3 Å². The standard InChI is InChI=1S/C21H30N4O4/c1-4-8-24-19(22)17(23-9-12-28-13-10-23)20(26)25(21(24)27)11-14-29-18-15(2)6-5-7-16(18)3/h5-7H,4,8-14,22H2,1-3H3. The highest BCUT2D eigenvalue weighted by Crippen LogP contribution is 2.22. The first-order valence-electron chi connectivity index (χ1n) is 10.1. The zero-order valence-electron chi connectivity index (χ0n) is 17.4. The number of hydrogen-bond acceptors (Lipinski definition) is 6. The summed E-state index contributed by atoms with van der Waals surface area (Å²) in [7, 11) is 0. The molecule has 29 heavy (non-hydrogen) atoms. The largest absolute Gasteiger partial charge is 0.491 e. The molecule has 2 N–H and O–H groups in total. The summed E-state index contributed by atoms with van der Waals surface area (Å²) in [6, 6.07) is 5.92. The molecule has 8 nitrogen and oxygen atoms in total. The molecule has 3 rings (SSSR count). The number of hydrogen-bond donors (Lipinski definition) is 1. The second-order valence-electron chi connectivity index (χ2n) is 7.29. The Morgan fingerprint density at radius 2 is 1.72 bits per heavy atom. The molecule has 1 aromatic heterocycles. The van der Waals surface area contributed by atoms with Gasteiger partial charge in [-0.2, -0.15) is 0 Å². The molecule has 2 heterocycles. The summed E-state index contributed by atoms with van der Waals surface area (Å²) < 4.78 is 14.0. The van der Waals surface area contributed by atoms with E-state index < -0.39 is 5.69 Å². The number of anilines is 2. The molecular formula is C21H30N4O4. The first kappa shape index (κ1) is 21.0. The number of aromatic nitrogens is 2. The van der Waals surface area contributed by atoms with Crippen LogP contribution in [0.15, 0.2) is 27.8 Å². The zero-order chi connectivity index (χ0) is 21.0. The van der Waals surface area contributed by atoms with Gasteiger partial charge >= 0.3 is 5.69 Å². The summed E-state index contributed by atoms with van der Waals surface area (Å²) in [5.74, 6) is 1.02. The molecule has 1 aliphatic heterocycles. The predicted octanol–water partition coefficient (Wildman–Crippen LogP) is 1.53. The van der Waals surface area contributed by atoms with Crippen molar-refractivity contribution in [3.05, 3.63) is 50.2 Å². The lowest BCUT2D eigenvalue weighted by atomic mass is 10.1. The molecule has 0 saturated carbocycles. The van der Waals surface area contributed by atoms with Crippen LogP contribution in [0.1, 0.15) is 24.5 Å². The maximum atomic E-state index is 13.2. The van der Waals surface area contributed by atoms with Crippen molar-refractivity contribution in [1.82, 2.24) is 9.13 Å². The van der Waals surface area contributed by atoms with Crippen molar-refractivity contribution in [3.8, 4) is 5.75 Å². The molecule has 0 spiro atoms. The average Bonchev–Trinajstić information content (AvgIpc) is 2.70. The van der Waals surface area contributed by atoms with Gasteiger partial charge in [0.15, 0.2) is 0 Å². The highest BCUT2D eigenvalue weighted by atomic mass is 16.5. The molecule has 8 heteroatoms. The molecule has 1 saturated heterocycles. The Bertz CT molecular complexity index is 954. The van der Waals surface area contributed by atoms with Crippen LogP contribution in [0.2, 0.25) is 0 Å². The van der Waals surface area contributed by atoms with Gasteiger partial charge in [0.2, 0.25) is 0 Å². The fourth-order valence-corrected chi connectivity index (χ4v) is 3.69. The van der Waals surface area contributed by atoms with Crippen molar-refractivity contribution in [1.29, 1.82) is 0 Å². The number of para-hydroxylation sites is 1. The van der Waals surface area contributed by atoms with Crippen LogP contribution in [-0.2, 0) is 17.8 Å². The Balaban J connectivity index is 1.93. The van der Waals surface area contributed by atoms with Crippen molar-refractivity contribution in [2.24, 2.45) is 0 Å². The van der Waals surface area contributed by atoms with Crippen molar-refractivity contribution in [3.63, 3.8) is 0 Å². The lowest BCUT2D eigenvalue weighted by Crippen LogP contribution is -2.47. The minimum atomic E-state index is -0.392. The minimum absolute atomic E-state index is 0.159. The van der Waals surface area contributed by atoms with Gasteiger partial charge in [0, 0.05) is 19.6 Å². The summed E-state index contributed by atoms with van der Waals surface area (Å²) in [6.45, 7) is 8.96. The number of ether oxygens (including phenoxy) is 2. The Morgan fingerprint density at radius 3 is 2.34 bits per heavy atom. The molecule has 0 bridgehead atoms. The second-order valence-corrected chi connectivity index (χ2v) is 7.29. The maximum absolute atomic E-state index is 13.2. The van der Waals surface area contributed by atoms with E-state index in [9.17, 15) is 9.59 Å². The van der Waals surface area contributed by atoms with Crippen molar-refractivity contribution in [2.45, 2.75) is 40.3 Å². The molecule has 1 aromatic carbocycles. The molecule has 0 radical (unpaired) electrons.